The molecule has 4 rings (SSSR count). The van der Waals surface area contributed by atoms with Crippen molar-refractivity contribution in [1.82, 2.24) is 0 Å². The van der Waals surface area contributed by atoms with Gasteiger partial charge in [0.1, 0.15) is 43.7 Å². The molecule has 0 bridgehead atoms. The van der Waals surface area contributed by atoms with Crippen molar-refractivity contribution in [3.05, 3.63) is 116 Å². The number of rotatable bonds is 17. The number of para-hydroxylation sites is 2. The fourth-order valence-electron chi connectivity index (χ4n) is 4.14. The molecular formula is C35H34O9. The maximum Gasteiger partial charge on any atom is 0.330 e. The van der Waals surface area contributed by atoms with Crippen LogP contribution in [0, 0.1) is 0 Å². The maximum absolute atomic E-state index is 12.0. The Hall–Kier alpha value is -5.44. The van der Waals surface area contributed by atoms with Crippen molar-refractivity contribution in [3.8, 4) is 28.7 Å². The van der Waals surface area contributed by atoms with Crippen LogP contribution in [0.5, 0.6) is 28.7 Å². The van der Waals surface area contributed by atoms with Crippen LogP contribution in [-0.2, 0) is 19.1 Å². The fourth-order valence-corrected chi connectivity index (χ4v) is 4.14. The van der Waals surface area contributed by atoms with E-state index in [-0.39, 0.29) is 26.4 Å². The molecule has 9 nitrogen and oxygen atoms in total. The smallest absolute Gasteiger partial charge is 0.330 e. The van der Waals surface area contributed by atoms with Gasteiger partial charge in [-0.25, -0.2) is 9.59 Å². The summed E-state index contributed by atoms with van der Waals surface area (Å²) in [6, 6.07) is 27.5. The monoisotopic (exact) mass is 598 g/mol. The topological polar surface area (TPSA) is 98.8 Å². The molecule has 9 heteroatoms. The Kier molecular flexibility index (Phi) is 11.6. The molecule has 2 unspecified atom stereocenters. The number of hydrogen-bond donors (Lipinski definition) is 0. The Morgan fingerprint density at radius 2 is 1.07 bits per heavy atom. The number of carbonyl (C=O) groups is 2. The summed E-state index contributed by atoms with van der Waals surface area (Å²) in [6.07, 6.45) is 0.698. The van der Waals surface area contributed by atoms with Gasteiger partial charge in [-0.15, -0.1) is 0 Å². The summed E-state index contributed by atoms with van der Waals surface area (Å²) in [5.74, 6) is 1.36. The van der Waals surface area contributed by atoms with Crippen molar-refractivity contribution in [3.63, 3.8) is 0 Å². The van der Waals surface area contributed by atoms with Crippen LogP contribution in [0.3, 0.4) is 0 Å². The number of fused-ring (bicyclic) bond motifs is 1. The summed E-state index contributed by atoms with van der Waals surface area (Å²) in [5, 5.41) is 1.42. The Morgan fingerprint density at radius 1 is 0.614 bits per heavy atom. The van der Waals surface area contributed by atoms with Crippen molar-refractivity contribution >= 4 is 22.7 Å². The molecule has 0 aromatic heterocycles. The average Bonchev–Trinajstić information content (AvgIpc) is 3.07. The third-order valence-corrected chi connectivity index (χ3v) is 6.24. The molecular weight excluding hydrogens is 564 g/mol. The van der Waals surface area contributed by atoms with Gasteiger partial charge in [-0.1, -0.05) is 73.8 Å². The van der Waals surface area contributed by atoms with E-state index in [0.717, 1.165) is 17.5 Å². The molecule has 0 saturated heterocycles. The lowest BCUT2D eigenvalue weighted by Gasteiger charge is -2.22. The number of benzene rings is 4. The molecule has 0 saturated carbocycles. The molecule has 0 N–H and O–H groups in total. The number of methoxy groups -OCH3 is 1. The normalized spacial score (nSPS) is 11.8. The van der Waals surface area contributed by atoms with E-state index in [0.29, 0.717) is 34.1 Å². The molecule has 0 fully saturated rings. The first-order valence-electron chi connectivity index (χ1n) is 13.9. The van der Waals surface area contributed by atoms with Crippen molar-refractivity contribution in [2.75, 3.05) is 33.5 Å². The minimum absolute atomic E-state index is 0.00380. The molecule has 44 heavy (non-hydrogen) atoms. The lowest BCUT2D eigenvalue weighted by atomic mass is 10.1. The average molecular weight is 599 g/mol. The molecule has 0 aliphatic carbocycles. The van der Waals surface area contributed by atoms with E-state index >= 15 is 0 Å². The highest BCUT2D eigenvalue weighted by atomic mass is 16.6. The first kappa shape index (κ1) is 31.5. The molecule has 0 spiro atoms. The van der Waals surface area contributed by atoms with Crippen LogP contribution in [0.1, 0.15) is 0 Å². The van der Waals surface area contributed by atoms with E-state index in [9.17, 15) is 9.59 Å². The third kappa shape index (κ3) is 9.03. The number of carbonyl (C=O) groups excluding carboxylic acids is 2. The predicted octanol–water partition coefficient (Wildman–Crippen LogP) is 5.96. The zero-order valence-electron chi connectivity index (χ0n) is 24.4. The quantitative estimate of drug-likeness (QED) is 0.108. The van der Waals surface area contributed by atoms with Gasteiger partial charge in [0.05, 0.1) is 7.11 Å². The van der Waals surface area contributed by atoms with Gasteiger partial charge < -0.3 is 33.2 Å². The highest BCUT2D eigenvalue weighted by Gasteiger charge is 2.21. The molecule has 0 heterocycles. The summed E-state index contributed by atoms with van der Waals surface area (Å²) in [4.78, 5) is 24.0. The Labute approximate surface area is 256 Å². The molecule has 228 valence electrons. The zero-order chi connectivity index (χ0) is 31.1. The lowest BCUT2D eigenvalue weighted by molar-refractivity contribution is -0.147. The van der Waals surface area contributed by atoms with E-state index in [1.54, 1.807) is 30.3 Å². The molecule has 0 aliphatic heterocycles. The minimum atomic E-state index is -0.745. The highest BCUT2D eigenvalue weighted by molar-refractivity contribution is 5.95. The van der Waals surface area contributed by atoms with Crippen LogP contribution in [0.25, 0.3) is 10.8 Å². The number of ether oxygens (including phenoxy) is 7. The van der Waals surface area contributed by atoms with Gasteiger partial charge in [0.15, 0.2) is 23.7 Å². The number of esters is 2. The summed E-state index contributed by atoms with van der Waals surface area (Å²) >= 11 is 0. The first-order chi connectivity index (χ1) is 21.5. The SMILES string of the molecule is C=CC(=O)OC(COc1ccccc1)COc1cc(OC)c(OCC(COc2ccccc2)OC(=O)C=C)c2ccccc12. The molecule has 0 aliphatic rings. The Balaban J connectivity index is 1.52. The number of hydrogen-bond acceptors (Lipinski definition) is 9. The molecule has 4 aromatic carbocycles. The highest BCUT2D eigenvalue weighted by Crippen LogP contribution is 2.41. The molecule has 0 radical (unpaired) electrons. The van der Waals surface area contributed by atoms with Crippen molar-refractivity contribution in [2.24, 2.45) is 0 Å². The van der Waals surface area contributed by atoms with E-state index in [1.165, 1.54) is 7.11 Å². The van der Waals surface area contributed by atoms with Crippen LogP contribution in [0.15, 0.2) is 116 Å². The predicted molar refractivity (Wildman–Crippen MR) is 166 cm³/mol. The van der Waals surface area contributed by atoms with Gasteiger partial charge in [-0.3, -0.25) is 0 Å². The standard InChI is InChI=1S/C35H34O9/c1-4-33(36)43-27(21-39-25-14-8-6-9-15-25)23-41-31-20-32(38-3)35(30-19-13-12-18-29(30)31)42-24-28(44-34(37)5-2)22-40-26-16-10-7-11-17-26/h4-20,27-28H,1-2,21-24H2,3H3. The van der Waals surface area contributed by atoms with E-state index < -0.39 is 24.1 Å². The van der Waals surface area contributed by atoms with Gasteiger partial charge in [0.2, 0.25) is 0 Å². The summed E-state index contributed by atoms with van der Waals surface area (Å²) in [6.45, 7) is 7.04. The van der Waals surface area contributed by atoms with Crippen LogP contribution >= 0.6 is 0 Å². The van der Waals surface area contributed by atoms with E-state index in [1.807, 2.05) is 60.7 Å². The van der Waals surface area contributed by atoms with Crippen LogP contribution in [0.2, 0.25) is 0 Å². The Bertz CT molecular complexity index is 1540. The van der Waals surface area contributed by atoms with Gasteiger partial charge >= 0.3 is 11.9 Å². The minimum Gasteiger partial charge on any atom is -0.493 e. The van der Waals surface area contributed by atoms with Crippen molar-refractivity contribution < 1.29 is 42.7 Å². The van der Waals surface area contributed by atoms with Crippen LogP contribution in [0.4, 0.5) is 0 Å². The van der Waals surface area contributed by atoms with Gasteiger partial charge in [0.25, 0.3) is 0 Å². The Morgan fingerprint density at radius 3 is 1.57 bits per heavy atom. The van der Waals surface area contributed by atoms with Gasteiger partial charge in [0, 0.05) is 29.0 Å². The second-order valence-corrected chi connectivity index (χ2v) is 9.35. The zero-order valence-corrected chi connectivity index (χ0v) is 24.4. The summed E-state index contributed by atoms with van der Waals surface area (Å²) in [7, 11) is 1.51. The van der Waals surface area contributed by atoms with E-state index in [4.69, 9.17) is 33.2 Å². The second kappa shape index (κ2) is 16.3. The van der Waals surface area contributed by atoms with Gasteiger partial charge in [-0.05, 0) is 24.3 Å². The second-order valence-electron chi connectivity index (χ2n) is 9.35. The fraction of sp³-hybridized carbons (Fsp3) is 0.200. The van der Waals surface area contributed by atoms with Gasteiger partial charge in [-0.2, -0.15) is 0 Å². The molecule has 2 atom stereocenters. The summed E-state index contributed by atoms with van der Waals surface area (Å²) in [5.41, 5.74) is 0. The largest absolute Gasteiger partial charge is 0.493 e. The first-order valence-corrected chi connectivity index (χ1v) is 13.9. The molecule has 0 amide bonds. The molecule has 4 aromatic rings. The lowest BCUT2D eigenvalue weighted by Crippen LogP contribution is -2.31. The summed E-state index contributed by atoms with van der Waals surface area (Å²) < 4.78 is 40.6. The van der Waals surface area contributed by atoms with Crippen LogP contribution in [-0.4, -0.2) is 57.7 Å². The third-order valence-electron chi connectivity index (χ3n) is 6.24. The van der Waals surface area contributed by atoms with Crippen LogP contribution < -0.4 is 23.7 Å². The maximum atomic E-state index is 12.0. The van der Waals surface area contributed by atoms with Crippen molar-refractivity contribution in [1.29, 1.82) is 0 Å². The van der Waals surface area contributed by atoms with E-state index in [2.05, 4.69) is 13.2 Å². The van der Waals surface area contributed by atoms with Crippen molar-refractivity contribution in [2.45, 2.75) is 12.2 Å².